The highest BCUT2D eigenvalue weighted by atomic mass is 19.4. The van der Waals surface area contributed by atoms with Crippen LogP contribution in [-0.4, -0.2) is 39.4 Å². The molecule has 5 nitrogen and oxygen atoms in total. The van der Waals surface area contributed by atoms with Gasteiger partial charge in [0, 0.05) is 6.54 Å². The van der Waals surface area contributed by atoms with Gasteiger partial charge in [-0.25, -0.2) is 4.98 Å². The third-order valence-electron chi connectivity index (χ3n) is 2.52. The van der Waals surface area contributed by atoms with Gasteiger partial charge >= 0.3 is 6.18 Å². The minimum atomic E-state index is -4.54. The van der Waals surface area contributed by atoms with E-state index in [2.05, 4.69) is 15.3 Å². The van der Waals surface area contributed by atoms with Gasteiger partial charge in [-0.15, -0.1) is 0 Å². The zero-order chi connectivity index (χ0) is 14.0. The first-order valence-electron chi connectivity index (χ1n) is 5.50. The first kappa shape index (κ1) is 13.6. The van der Waals surface area contributed by atoms with Crippen LogP contribution in [0.25, 0.3) is 11.0 Å². The molecule has 0 saturated heterocycles. The molecule has 0 bridgehead atoms. The van der Waals surface area contributed by atoms with Crippen molar-refractivity contribution in [3.63, 3.8) is 0 Å². The molecule has 0 radical (unpaired) electrons. The molecule has 19 heavy (non-hydrogen) atoms. The van der Waals surface area contributed by atoms with Crippen molar-refractivity contribution in [2.45, 2.75) is 12.3 Å². The average Bonchev–Trinajstić information content (AvgIpc) is 2.80. The Balaban J connectivity index is 2.32. The molecule has 0 aliphatic heterocycles. The van der Waals surface area contributed by atoms with E-state index in [9.17, 15) is 18.3 Å². The number of benzene rings is 1. The topological polar surface area (TPSA) is 81.2 Å². The molecule has 104 valence electrons. The van der Waals surface area contributed by atoms with Gasteiger partial charge in [-0.3, -0.25) is 0 Å². The van der Waals surface area contributed by atoms with Crippen molar-refractivity contribution >= 4 is 16.7 Å². The number of H-pyrrole nitrogens is 1. The van der Waals surface area contributed by atoms with E-state index in [1.165, 1.54) is 6.07 Å². The predicted octanol–water partition coefficient (Wildman–Crippen LogP) is 1.35. The van der Waals surface area contributed by atoms with E-state index >= 15 is 0 Å². The van der Waals surface area contributed by atoms with Gasteiger partial charge in [0.2, 0.25) is 5.82 Å². The number of hydrogen-bond donors (Lipinski definition) is 4. The molecular weight excluding hydrogens is 263 g/mol. The van der Waals surface area contributed by atoms with E-state index in [1.54, 1.807) is 12.1 Å². The first-order valence-corrected chi connectivity index (χ1v) is 5.50. The average molecular weight is 275 g/mol. The molecule has 4 N–H and O–H groups in total. The van der Waals surface area contributed by atoms with E-state index in [0.29, 0.717) is 5.69 Å². The van der Waals surface area contributed by atoms with Gasteiger partial charge in [0.1, 0.15) is 5.52 Å². The fraction of sp³-hybridized carbons (Fsp3) is 0.364. The van der Waals surface area contributed by atoms with Gasteiger partial charge in [0.15, 0.2) is 0 Å². The van der Waals surface area contributed by atoms with E-state index < -0.39 is 24.7 Å². The van der Waals surface area contributed by atoms with Crippen LogP contribution < -0.4 is 5.32 Å². The number of para-hydroxylation sites is 1. The molecule has 1 heterocycles. The number of fused-ring (bicyclic) bond motifs is 1. The third kappa shape index (κ3) is 2.96. The first-order chi connectivity index (χ1) is 8.91. The molecule has 1 atom stereocenters. The Kier molecular flexibility index (Phi) is 3.63. The molecule has 0 aliphatic rings. The summed E-state index contributed by atoms with van der Waals surface area (Å²) in [6.07, 6.45) is -5.53. The largest absolute Gasteiger partial charge is 0.449 e. The van der Waals surface area contributed by atoms with Crippen molar-refractivity contribution in [2.75, 3.05) is 18.5 Å². The lowest BCUT2D eigenvalue weighted by molar-refractivity contribution is -0.144. The Hall–Kier alpha value is -1.80. The van der Waals surface area contributed by atoms with Crippen molar-refractivity contribution in [3.8, 4) is 0 Å². The highest BCUT2D eigenvalue weighted by Crippen LogP contribution is 2.30. The standard InChI is InChI=1S/C11H12F3N3O2/c12-11(13,14)10-16-8-3-1-2-7(9(8)17-10)15-4-6(19)5-18/h1-3,6,15,18-19H,4-5H2,(H,16,17). The zero-order valence-corrected chi connectivity index (χ0v) is 9.70. The molecule has 1 unspecified atom stereocenters. The Morgan fingerprint density at radius 3 is 2.74 bits per heavy atom. The van der Waals surface area contributed by atoms with Gasteiger partial charge in [0.05, 0.1) is 23.9 Å². The Morgan fingerprint density at radius 1 is 1.37 bits per heavy atom. The van der Waals surface area contributed by atoms with Crippen LogP contribution in [0.1, 0.15) is 5.82 Å². The van der Waals surface area contributed by atoms with E-state index in [0.717, 1.165) is 0 Å². The molecule has 8 heteroatoms. The van der Waals surface area contributed by atoms with Crippen LogP contribution in [0.2, 0.25) is 0 Å². The summed E-state index contributed by atoms with van der Waals surface area (Å²) in [6, 6.07) is 4.59. The molecule has 2 rings (SSSR count). The molecule has 2 aromatic rings. The van der Waals surface area contributed by atoms with Crippen LogP contribution in [-0.2, 0) is 6.18 Å². The number of nitrogens with one attached hydrogen (secondary N) is 2. The lowest BCUT2D eigenvalue weighted by atomic mass is 10.2. The smallest absolute Gasteiger partial charge is 0.394 e. The number of anilines is 1. The van der Waals surface area contributed by atoms with Gasteiger partial charge < -0.3 is 20.5 Å². The van der Waals surface area contributed by atoms with Crippen molar-refractivity contribution in [1.29, 1.82) is 0 Å². The molecule has 0 fully saturated rings. The second-order valence-electron chi connectivity index (χ2n) is 4.00. The number of aliphatic hydroxyl groups excluding tert-OH is 2. The lowest BCUT2D eigenvalue weighted by Gasteiger charge is -2.10. The summed E-state index contributed by atoms with van der Waals surface area (Å²) in [6.45, 7) is -0.416. The highest BCUT2D eigenvalue weighted by Gasteiger charge is 2.35. The molecule has 0 amide bonds. The van der Waals surface area contributed by atoms with E-state index in [4.69, 9.17) is 5.11 Å². The van der Waals surface area contributed by atoms with Gasteiger partial charge in [0.25, 0.3) is 0 Å². The summed E-state index contributed by atoms with van der Waals surface area (Å²) in [5, 5.41) is 20.6. The van der Waals surface area contributed by atoms with E-state index in [-0.39, 0.29) is 17.6 Å². The Labute approximate surface area is 106 Å². The fourth-order valence-corrected chi connectivity index (χ4v) is 1.60. The lowest BCUT2D eigenvalue weighted by Crippen LogP contribution is -2.23. The van der Waals surface area contributed by atoms with Gasteiger partial charge in [-0.1, -0.05) is 6.07 Å². The SMILES string of the molecule is OCC(O)CNc1cccc2[nH]c(C(F)(F)F)nc12. The quantitative estimate of drug-likeness (QED) is 0.679. The summed E-state index contributed by atoms with van der Waals surface area (Å²) >= 11 is 0. The minimum Gasteiger partial charge on any atom is -0.394 e. The zero-order valence-electron chi connectivity index (χ0n) is 9.70. The number of nitrogens with zero attached hydrogens (tertiary/aromatic N) is 1. The number of aromatic amines is 1. The third-order valence-corrected chi connectivity index (χ3v) is 2.52. The van der Waals surface area contributed by atoms with Crippen LogP contribution in [0, 0.1) is 0 Å². The van der Waals surface area contributed by atoms with Crippen molar-refractivity contribution < 1.29 is 23.4 Å². The van der Waals surface area contributed by atoms with Crippen LogP contribution in [0.15, 0.2) is 18.2 Å². The normalized spacial score (nSPS) is 13.7. The number of rotatable bonds is 4. The molecule has 0 spiro atoms. The summed E-state index contributed by atoms with van der Waals surface area (Å²) in [5.74, 6) is -1.07. The molecule has 1 aromatic carbocycles. The number of imidazole rings is 1. The number of aliphatic hydroxyl groups is 2. The predicted molar refractivity (Wildman–Crippen MR) is 62.7 cm³/mol. The number of halogens is 3. The molecule has 0 aliphatic carbocycles. The molecule has 0 saturated carbocycles. The Morgan fingerprint density at radius 2 is 2.11 bits per heavy atom. The van der Waals surface area contributed by atoms with Crippen molar-refractivity contribution in [2.24, 2.45) is 0 Å². The monoisotopic (exact) mass is 275 g/mol. The number of alkyl halides is 3. The number of hydrogen-bond acceptors (Lipinski definition) is 4. The number of aromatic nitrogens is 2. The van der Waals surface area contributed by atoms with Gasteiger partial charge in [-0.05, 0) is 12.1 Å². The van der Waals surface area contributed by atoms with Crippen molar-refractivity contribution in [1.82, 2.24) is 9.97 Å². The van der Waals surface area contributed by atoms with Crippen LogP contribution in [0.5, 0.6) is 0 Å². The van der Waals surface area contributed by atoms with Crippen molar-refractivity contribution in [3.05, 3.63) is 24.0 Å². The summed E-state index contributed by atoms with van der Waals surface area (Å²) in [5.41, 5.74) is 0.743. The van der Waals surface area contributed by atoms with Crippen LogP contribution >= 0.6 is 0 Å². The second-order valence-corrected chi connectivity index (χ2v) is 4.00. The Bertz CT molecular complexity index is 568. The van der Waals surface area contributed by atoms with E-state index in [1.807, 2.05) is 0 Å². The summed E-state index contributed by atoms with van der Waals surface area (Å²) in [7, 11) is 0. The second kappa shape index (κ2) is 5.06. The molecular formula is C11H12F3N3O2. The summed E-state index contributed by atoms with van der Waals surface area (Å²) in [4.78, 5) is 5.69. The van der Waals surface area contributed by atoms with Crippen LogP contribution in [0.3, 0.4) is 0 Å². The maximum atomic E-state index is 12.5. The highest BCUT2D eigenvalue weighted by molar-refractivity contribution is 5.88. The van der Waals surface area contributed by atoms with Crippen LogP contribution in [0.4, 0.5) is 18.9 Å². The fourth-order valence-electron chi connectivity index (χ4n) is 1.60. The minimum absolute atomic E-state index is 0.0177. The molecule has 1 aromatic heterocycles. The summed E-state index contributed by atoms with van der Waals surface area (Å²) < 4.78 is 37.6. The maximum Gasteiger partial charge on any atom is 0.449 e. The van der Waals surface area contributed by atoms with Gasteiger partial charge in [-0.2, -0.15) is 13.2 Å². The maximum absolute atomic E-state index is 12.5.